The molecule has 8 heteroatoms. The van der Waals surface area contributed by atoms with Crippen LogP contribution < -0.4 is 16.4 Å². The number of likely N-dealkylation sites (tertiary alicyclic amines) is 1. The third-order valence-electron chi connectivity index (χ3n) is 5.82. The number of piperidine rings is 1. The summed E-state index contributed by atoms with van der Waals surface area (Å²) in [6.07, 6.45) is 6.64. The number of hydrogen-bond donors (Lipinski definition) is 4. The Morgan fingerprint density at radius 3 is 2.77 bits per heavy atom. The number of nitrogens with one attached hydrogen (secondary N) is 3. The monoisotopic (exact) mass is 416 g/mol. The highest BCUT2D eigenvalue weighted by Crippen LogP contribution is 2.19. The topological polar surface area (TPSA) is 98.5 Å². The first-order valence-electron chi connectivity index (χ1n) is 10.8. The number of benzene rings is 1. The summed E-state index contributed by atoms with van der Waals surface area (Å²) < 4.78 is 13.5. The highest BCUT2D eigenvalue weighted by Gasteiger charge is 2.22. The van der Waals surface area contributed by atoms with E-state index in [0.29, 0.717) is 0 Å². The Morgan fingerprint density at radius 1 is 1.27 bits per heavy atom. The number of fused-ring (bicyclic) bond motifs is 1. The molecular weight excluding hydrogens is 383 g/mol. The van der Waals surface area contributed by atoms with Crippen LogP contribution in [0, 0.1) is 11.7 Å². The summed E-state index contributed by atoms with van der Waals surface area (Å²) in [5.41, 5.74) is 7.43. The standard InChI is InChI=1S/C22H33FN6O/c1-25-22(26-9-2-3-11-29-12-7-16(8-13-29)21(24)30)27-10-6-17-15-28-20-5-4-18(23)14-19(17)20/h4-5,14-16,28H,2-3,6-13H2,1H3,(H2,24,30)(H2,25,26,27). The van der Waals surface area contributed by atoms with Crippen LogP contribution >= 0.6 is 0 Å². The Kier molecular flexibility index (Phi) is 8.07. The van der Waals surface area contributed by atoms with Gasteiger partial charge >= 0.3 is 0 Å². The van der Waals surface area contributed by atoms with Gasteiger partial charge in [0, 0.05) is 43.2 Å². The van der Waals surface area contributed by atoms with Crippen LogP contribution in [0.2, 0.25) is 0 Å². The summed E-state index contributed by atoms with van der Waals surface area (Å²) in [6.45, 7) is 4.55. The lowest BCUT2D eigenvalue weighted by Gasteiger charge is -2.30. The summed E-state index contributed by atoms with van der Waals surface area (Å²) in [6, 6.07) is 4.81. The van der Waals surface area contributed by atoms with Crippen LogP contribution in [0.25, 0.3) is 10.9 Å². The molecule has 1 aliphatic heterocycles. The van der Waals surface area contributed by atoms with E-state index in [1.54, 1.807) is 19.2 Å². The number of nitrogens with zero attached hydrogens (tertiary/aromatic N) is 2. The van der Waals surface area contributed by atoms with Crippen molar-refractivity contribution >= 4 is 22.8 Å². The van der Waals surface area contributed by atoms with E-state index in [0.717, 1.165) is 87.3 Å². The van der Waals surface area contributed by atoms with Crippen molar-refractivity contribution in [2.24, 2.45) is 16.6 Å². The molecule has 1 saturated heterocycles. The Bertz CT molecular complexity index is 856. The zero-order valence-corrected chi connectivity index (χ0v) is 17.7. The maximum atomic E-state index is 13.5. The number of hydrogen-bond acceptors (Lipinski definition) is 3. The molecule has 1 aromatic heterocycles. The average molecular weight is 417 g/mol. The lowest BCUT2D eigenvalue weighted by molar-refractivity contribution is -0.123. The van der Waals surface area contributed by atoms with Crippen molar-refractivity contribution < 1.29 is 9.18 Å². The minimum atomic E-state index is -0.217. The van der Waals surface area contributed by atoms with Crippen molar-refractivity contribution in [2.45, 2.75) is 32.1 Å². The van der Waals surface area contributed by atoms with Crippen LogP contribution in [0.4, 0.5) is 4.39 Å². The maximum absolute atomic E-state index is 13.5. The van der Waals surface area contributed by atoms with Crippen molar-refractivity contribution in [3.63, 3.8) is 0 Å². The molecule has 0 aliphatic carbocycles. The lowest BCUT2D eigenvalue weighted by atomic mass is 9.96. The quantitative estimate of drug-likeness (QED) is 0.285. The Hall–Kier alpha value is -2.61. The van der Waals surface area contributed by atoms with Gasteiger partial charge in [-0.05, 0) is 75.5 Å². The van der Waals surface area contributed by atoms with Gasteiger partial charge in [0.05, 0.1) is 0 Å². The van der Waals surface area contributed by atoms with Crippen LogP contribution in [0.1, 0.15) is 31.2 Å². The molecule has 0 saturated carbocycles. The highest BCUT2D eigenvalue weighted by atomic mass is 19.1. The molecule has 0 unspecified atom stereocenters. The minimum Gasteiger partial charge on any atom is -0.369 e. The van der Waals surface area contributed by atoms with Gasteiger partial charge in [0.25, 0.3) is 0 Å². The molecule has 0 bridgehead atoms. The van der Waals surface area contributed by atoms with Gasteiger partial charge in [-0.25, -0.2) is 4.39 Å². The fraction of sp³-hybridized carbons (Fsp3) is 0.545. The predicted molar refractivity (Wildman–Crippen MR) is 119 cm³/mol. The van der Waals surface area contributed by atoms with Crippen LogP contribution in [0.3, 0.4) is 0 Å². The van der Waals surface area contributed by atoms with Crippen molar-refractivity contribution in [2.75, 3.05) is 39.8 Å². The number of H-pyrrole nitrogens is 1. The number of aliphatic imine (C=N–C) groups is 1. The second-order valence-electron chi connectivity index (χ2n) is 7.90. The summed E-state index contributed by atoms with van der Waals surface area (Å²) >= 11 is 0. The number of primary amides is 1. The SMILES string of the molecule is CN=C(NCCCCN1CCC(C(N)=O)CC1)NCCc1c[nH]c2ccc(F)cc12. The minimum absolute atomic E-state index is 0.0561. The first kappa shape index (κ1) is 22.1. The van der Waals surface area contributed by atoms with Gasteiger partial charge in [0.1, 0.15) is 5.82 Å². The average Bonchev–Trinajstić information content (AvgIpc) is 3.14. The molecule has 0 atom stereocenters. The molecule has 164 valence electrons. The fourth-order valence-electron chi connectivity index (χ4n) is 4.00. The van der Waals surface area contributed by atoms with E-state index < -0.39 is 0 Å². The number of halogens is 1. The molecule has 1 aromatic carbocycles. The molecule has 2 heterocycles. The number of carbonyl (C=O) groups excluding carboxylic acids is 1. The number of nitrogens with two attached hydrogens (primary N) is 1. The summed E-state index contributed by atoms with van der Waals surface area (Å²) in [5, 5.41) is 7.60. The third kappa shape index (κ3) is 6.19. The van der Waals surface area contributed by atoms with Gasteiger partial charge < -0.3 is 26.3 Å². The number of carbonyl (C=O) groups is 1. The van der Waals surface area contributed by atoms with E-state index in [9.17, 15) is 9.18 Å². The first-order valence-corrected chi connectivity index (χ1v) is 10.8. The second-order valence-corrected chi connectivity index (χ2v) is 7.90. The fourth-order valence-corrected chi connectivity index (χ4v) is 4.00. The van der Waals surface area contributed by atoms with Gasteiger partial charge in [-0.3, -0.25) is 9.79 Å². The van der Waals surface area contributed by atoms with Crippen LogP contribution in [-0.2, 0) is 11.2 Å². The van der Waals surface area contributed by atoms with Crippen molar-refractivity contribution in [1.29, 1.82) is 0 Å². The van der Waals surface area contributed by atoms with Crippen LogP contribution in [0.15, 0.2) is 29.4 Å². The largest absolute Gasteiger partial charge is 0.369 e. The van der Waals surface area contributed by atoms with Gasteiger partial charge in [0.2, 0.25) is 5.91 Å². The van der Waals surface area contributed by atoms with Crippen molar-refractivity contribution in [3.05, 3.63) is 35.8 Å². The van der Waals surface area contributed by atoms with Crippen molar-refractivity contribution in [1.82, 2.24) is 20.5 Å². The number of unbranched alkanes of at least 4 members (excludes halogenated alkanes) is 1. The smallest absolute Gasteiger partial charge is 0.220 e. The first-order chi connectivity index (χ1) is 14.6. The number of aromatic amines is 1. The van der Waals surface area contributed by atoms with E-state index >= 15 is 0 Å². The number of aromatic nitrogens is 1. The third-order valence-corrected chi connectivity index (χ3v) is 5.82. The molecule has 0 spiro atoms. The Labute approximate surface area is 177 Å². The normalized spacial score (nSPS) is 16.1. The summed E-state index contributed by atoms with van der Waals surface area (Å²) in [4.78, 5) is 21.1. The number of rotatable bonds is 9. The van der Waals surface area contributed by atoms with Gasteiger partial charge in [0.15, 0.2) is 5.96 Å². The van der Waals surface area contributed by atoms with Crippen LogP contribution in [0.5, 0.6) is 0 Å². The molecule has 5 N–H and O–H groups in total. The zero-order valence-electron chi connectivity index (χ0n) is 17.7. The molecule has 30 heavy (non-hydrogen) atoms. The second kappa shape index (κ2) is 11.0. The maximum Gasteiger partial charge on any atom is 0.220 e. The Morgan fingerprint density at radius 2 is 2.03 bits per heavy atom. The molecule has 3 rings (SSSR count). The lowest BCUT2D eigenvalue weighted by Crippen LogP contribution is -2.40. The zero-order chi connectivity index (χ0) is 21.3. The molecule has 1 aliphatic rings. The molecule has 2 aromatic rings. The van der Waals surface area contributed by atoms with Crippen LogP contribution in [-0.4, -0.2) is 61.5 Å². The van der Waals surface area contributed by atoms with Crippen molar-refractivity contribution in [3.8, 4) is 0 Å². The molecule has 1 amide bonds. The van der Waals surface area contributed by atoms with Gasteiger partial charge in [-0.1, -0.05) is 0 Å². The predicted octanol–water partition coefficient (Wildman–Crippen LogP) is 1.99. The summed E-state index contributed by atoms with van der Waals surface area (Å²) in [5.74, 6) is 0.463. The van der Waals surface area contributed by atoms with E-state index in [4.69, 9.17) is 5.73 Å². The molecule has 1 fully saturated rings. The van der Waals surface area contributed by atoms with Gasteiger partial charge in [-0.15, -0.1) is 0 Å². The molecular formula is C22H33FN6O. The number of amides is 1. The van der Waals surface area contributed by atoms with E-state index in [1.165, 1.54) is 6.07 Å². The van der Waals surface area contributed by atoms with E-state index in [2.05, 4.69) is 25.5 Å². The Balaban J connectivity index is 1.30. The molecule has 7 nitrogen and oxygen atoms in total. The van der Waals surface area contributed by atoms with E-state index in [1.807, 2.05) is 6.20 Å². The van der Waals surface area contributed by atoms with E-state index in [-0.39, 0.29) is 17.6 Å². The molecule has 0 radical (unpaired) electrons. The van der Waals surface area contributed by atoms with Gasteiger partial charge in [-0.2, -0.15) is 0 Å². The highest BCUT2D eigenvalue weighted by molar-refractivity contribution is 5.83. The summed E-state index contributed by atoms with van der Waals surface area (Å²) in [7, 11) is 1.76. The number of guanidine groups is 1.